The SMILES string of the molecule is C=C/C=C\C=C1/CN(C)C(=O)C12COc1cc3c(cc12)CCO3. The van der Waals surface area contributed by atoms with Crippen molar-refractivity contribution in [1.82, 2.24) is 4.90 Å². The van der Waals surface area contributed by atoms with Gasteiger partial charge in [-0.2, -0.15) is 0 Å². The second-order valence-corrected chi connectivity index (χ2v) is 6.22. The van der Waals surface area contributed by atoms with Crippen LogP contribution in [0.2, 0.25) is 0 Å². The Morgan fingerprint density at radius 2 is 2.13 bits per heavy atom. The second-order valence-electron chi connectivity index (χ2n) is 6.22. The first-order chi connectivity index (χ1) is 11.2. The van der Waals surface area contributed by atoms with Crippen LogP contribution in [0.3, 0.4) is 0 Å². The summed E-state index contributed by atoms with van der Waals surface area (Å²) in [4.78, 5) is 14.7. The fraction of sp³-hybridized carbons (Fsp3) is 0.316. The van der Waals surface area contributed by atoms with E-state index in [9.17, 15) is 4.79 Å². The van der Waals surface area contributed by atoms with Crippen molar-refractivity contribution in [1.29, 1.82) is 0 Å². The molecule has 0 bridgehead atoms. The van der Waals surface area contributed by atoms with Gasteiger partial charge in [-0.05, 0) is 17.2 Å². The second kappa shape index (κ2) is 5.01. The van der Waals surface area contributed by atoms with Crippen LogP contribution in [-0.4, -0.2) is 37.6 Å². The predicted octanol–water partition coefficient (Wildman–Crippen LogP) is 2.39. The van der Waals surface area contributed by atoms with E-state index in [-0.39, 0.29) is 5.91 Å². The summed E-state index contributed by atoms with van der Waals surface area (Å²) in [5.74, 6) is 1.76. The Morgan fingerprint density at radius 1 is 1.26 bits per heavy atom. The van der Waals surface area contributed by atoms with Gasteiger partial charge in [0, 0.05) is 31.6 Å². The standard InChI is InChI=1S/C19H19NO3/c1-3-4-5-6-14-11-20(2)18(21)19(14)12-23-17-10-16-13(7-8-22-16)9-15(17)19/h3-6,9-10H,1,7-8,11-12H2,2H3/b5-4-,14-6+. The van der Waals surface area contributed by atoms with E-state index in [0.29, 0.717) is 19.8 Å². The fourth-order valence-corrected chi connectivity index (χ4v) is 3.74. The Balaban J connectivity index is 1.87. The van der Waals surface area contributed by atoms with Crippen LogP contribution in [0.5, 0.6) is 11.5 Å². The third kappa shape index (κ3) is 1.87. The summed E-state index contributed by atoms with van der Waals surface area (Å²) in [7, 11) is 1.84. The minimum atomic E-state index is -0.687. The average molecular weight is 309 g/mol. The quantitative estimate of drug-likeness (QED) is 0.788. The van der Waals surface area contributed by atoms with Crippen LogP contribution < -0.4 is 9.47 Å². The molecule has 1 unspecified atom stereocenters. The number of hydrogen-bond acceptors (Lipinski definition) is 3. The van der Waals surface area contributed by atoms with Gasteiger partial charge in [-0.3, -0.25) is 4.79 Å². The highest BCUT2D eigenvalue weighted by Gasteiger charge is 2.55. The molecule has 0 aromatic heterocycles. The molecule has 1 spiro atoms. The molecular formula is C19H19NO3. The van der Waals surface area contributed by atoms with E-state index in [4.69, 9.17) is 9.47 Å². The number of likely N-dealkylation sites (N-methyl/N-ethyl adjacent to an activating group) is 1. The topological polar surface area (TPSA) is 38.8 Å². The highest BCUT2D eigenvalue weighted by atomic mass is 16.5. The Labute approximate surface area is 135 Å². The number of benzene rings is 1. The lowest BCUT2D eigenvalue weighted by atomic mass is 9.76. The van der Waals surface area contributed by atoms with Gasteiger partial charge in [0.25, 0.3) is 0 Å². The number of carbonyl (C=O) groups excluding carboxylic acids is 1. The van der Waals surface area contributed by atoms with Crippen LogP contribution in [0, 0.1) is 0 Å². The molecule has 0 aliphatic carbocycles. The summed E-state index contributed by atoms with van der Waals surface area (Å²) in [6, 6.07) is 4.04. The molecule has 1 fully saturated rings. The van der Waals surface area contributed by atoms with E-state index in [2.05, 4.69) is 12.6 Å². The lowest BCUT2D eigenvalue weighted by molar-refractivity contribution is -0.131. The van der Waals surface area contributed by atoms with Crippen molar-refractivity contribution in [2.45, 2.75) is 11.8 Å². The van der Waals surface area contributed by atoms with Gasteiger partial charge in [-0.25, -0.2) is 0 Å². The van der Waals surface area contributed by atoms with Crippen molar-refractivity contribution in [3.63, 3.8) is 0 Å². The summed E-state index contributed by atoms with van der Waals surface area (Å²) in [5.41, 5.74) is 2.53. The Kier molecular flexibility index (Phi) is 3.08. The molecule has 118 valence electrons. The van der Waals surface area contributed by atoms with Crippen LogP contribution in [-0.2, 0) is 16.6 Å². The Morgan fingerprint density at radius 3 is 2.96 bits per heavy atom. The van der Waals surface area contributed by atoms with Crippen LogP contribution >= 0.6 is 0 Å². The van der Waals surface area contributed by atoms with Gasteiger partial charge in [0.1, 0.15) is 23.5 Å². The Bertz CT molecular complexity index is 762. The van der Waals surface area contributed by atoms with Crippen LogP contribution in [0.4, 0.5) is 0 Å². The molecule has 3 aliphatic rings. The molecule has 3 heterocycles. The van der Waals surface area contributed by atoms with Gasteiger partial charge >= 0.3 is 0 Å². The van der Waals surface area contributed by atoms with Crippen LogP contribution in [0.15, 0.2) is 48.6 Å². The summed E-state index contributed by atoms with van der Waals surface area (Å²) < 4.78 is 11.5. The molecule has 23 heavy (non-hydrogen) atoms. The minimum absolute atomic E-state index is 0.105. The van der Waals surface area contributed by atoms with Gasteiger partial charge in [0.15, 0.2) is 0 Å². The molecule has 4 nitrogen and oxygen atoms in total. The predicted molar refractivity (Wildman–Crippen MR) is 87.9 cm³/mol. The minimum Gasteiger partial charge on any atom is -0.493 e. The zero-order chi connectivity index (χ0) is 16.0. The highest BCUT2D eigenvalue weighted by molar-refractivity contribution is 5.97. The maximum Gasteiger partial charge on any atom is 0.241 e. The number of nitrogens with zero attached hydrogens (tertiary/aromatic N) is 1. The van der Waals surface area contributed by atoms with Gasteiger partial charge in [0.2, 0.25) is 5.91 Å². The maximum atomic E-state index is 13.0. The average Bonchev–Trinajstić information content (AvgIpc) is 3.20. The lowest BCUT2D eigenvalue weighted by Crippen LogP contribution is -2.38. The van der Waals surface area contributed by atoms with Crippen molar-refractivity contribution >= 4 is 5.91 Å². The number of allylic oxidation sites excluding steroid dienone is 4. The Hall–Kier alpha value is -2.49. The summed E-state index contributed by atoms with van der Waals surface area (Å²) >= 11 is 0. The molecule has 0 N–H and O–H groups in total. The van der Waals surface area contributed by atoms with E-state index in [0.717, 1.165) is 34.6 Å². The maximum absolute atomic E-state index is 13.0. The number of hydrogen-bond donors (Lipinski definition) is 0. The van der Waals surface area contributed by atoms with Gasteiger partial charge < -0.3 is 14.4 Å². The number of rotatable bonds is 2. The smallest absolute Gasteiger partial charge is 0.241 e. The zero-order valence-corrected chi connectivity index (χ0v) is 13.2. The molecule has 0 saturated carbocycles. The van der Waals surface area contributed by atoms with Crippen molar-refractivity contribution < 1.29 is 14.3 Å². The number of fused-ring (bicyclic) bond motifs is 3. The molecule has 1 saturated heterocycles. The van der Waals surface area contributed by atoms with E-state index < -0.39 is 5.41 Å². The van der Waals surface area contributed by atoms with E-state index in [1.54, 1.807) is 11.0 Å². The number of amides is 1. The first-order valence-electron chi connectivity index (χ1n) is 7.84. The van der Waals surface area contributed by atoms with Crippen molar-refractivity contribution in [2.75, 3.05) is 26.8 Å². The van der Waals surface area contributed by atoms with Crippen molar-refractivity contribution in [3.05, 3.63) is 59.7 Å². The van der Waals surface area contributed by atoms with Crippen molar-refractivity contribution in [3.8, 4) is 11.5 Å². The summed E-state index contributed by atoms with van der Waals surface area (Å²) in [6.45, 7) is 5.37. The first kappa shape index (κ1) is 14.1. The lowest BCUT2D eigenvalue weighted by Gasteiger charge is -2.21. The number of likely N-dealkylation sites (tertiary alicyclic amines) is 1. The molecule has 1 aromatic rings. The molecule has 0 radical (unpaired) electrons. The molecule has 1 atom stereocenters. The normalized spacial score (nSPS) is 26.7. The molecule has 1 aromatic carbocycles. The van der Waals surface area contributed by atoms with E-state index >= 15 is 0 Å². The van der Waals surface area contributed by atoms with Crippen LogP contribution in [0.25, 0.3) is 0 Å². The third-order valence-electron chi connectivity index (χ3n) is 4.91. The first-order valence-corrected chi connectivity index (χ1v) is 7.84. The molecule has 1 amide bonds. The summed E-state index contributed by atoms with van der Waals surface area (Å²) in [6.07, 6.45) is 8.44. The van der Waals surface area contributed by atoms with Gasteiger partial charge in [-0.15, -0.1) is 0 Å². The van der Waals surface area contributed by atoms with Gasteiger partial charge in [0.05, 0.1) is 6.61 Å². The summed E-state index contributed by atoms with van der Waals surface area (Å²) in [5, 5.41) is 0. The number of carbonyl (C=O) groups is 1. The number of ether oxygens (including phenoxy) is 2. The zero-order valence-electron chi connectivity index (χ0n) is 13.2. The molecular weight excluding hydrogens is 290 g/mol. The molecule has 4 rings (SSSR count). The molecule has 4 heteroatoms. The highest BCUT2D eigenvalue weighted by Crippen LogP contribution is 2.50. The van der Waals surface area contributed by atoms with Crippen LogP contribution in [0.1, 0.15) is 11.1 Å². The monoisotopic (exact) mass is 309 g/mol. The van der Waals surface area contributed by atoms with Crippen molar-refractivity contribution in [2.24, 2.45) is 0 Å². The third-order valence-corrected chi connectivity index (χ3v) is 4.91. The molecule has 3 aliphatic heterocycles. The fourth-order valence-electron chi connectivity index (χ4n) is 3.74. The van der Waals surface area contributed by atoms with Gasteiger partial charge in [-0.1, -0.05) is 30.9 Å². The largest absolute Gasteiger partial charge is 0.493 e. The van der Waals surface area contributed by atoms with E-state index in [1.807, 2.05) is 31.3 Å². The van der Waals surface area contributed by atoms with E-state index in [1.165, 1.54) is 0 Å².